The summed E-state index contributed by atoms with van der Waals surface area (Å²) in [6.07, 6.45) is 7.19. The van der Waals surface area contributed by atoms with E-state index in [0.29, 0.717) is 18.0 Å². The molecule has 0 bridgehead atoms. The second-order valence-corrected chi connectivity index (χ2v) is 7.04. The van der Waals surface area contributed by atoms with Gasteiger partial charge in [-0.25, -0.2) is 0 Å². The zero-order valence-electron chi connectivity index (χ0n) is 15.9. The Bertz CT molecular complexity index is 1130. The Balaban J connectivity index is 1.66. The first-order valence-electron chi connectivity index (χ1n) is 9.37. The van der Waals surface area contributed by atoms with Crippen LogP contribution in [-0.4, -0.2) is 24.9 Å². The van der Waals surface area contributed by atoms with Crippen LogP contribution < -0.4 is 5.43 Å². The fraction of sp³-hybridized carbons (Fsp3) is 0.227. The van der Waals surface area contributed by atoms with Crippen LogP contribution in [0, 0.1) is 6.92 Å². The minimum atomic E-state index is -1.03. The van der Waals surface area contributed by atoms with E-state index in [0.717, 1.165) is 5.70 Å². The second kappa shape index (κ2) is 7.89. The van der Waals surface area contributed by atoms with Crippen LogP contribution in [0.4, 0.5) is 0 Å². The average molecular weight is 391 g/mol. The van der Waals surface area contributed by atoms with Gasteiger partial charge in [0.1, 0.15) is 6.10 Å². The zero-order chi connectivity index (χ0) is 20.4. The maximum atomic E-state index is 12.1. The monoisotopic (exact) mass is 391 g/mol. The van der Waals surface area contributed by atoms with Crippen molar-refractivity contribution in [1.82, 2.24) is 14.7 Å². The van der Waals surface area contributed by atoms with Crippen LogP contribution in [0.25, 0.3) is 5.70 Å². The maximum Gasteiger partial charge on any atom is 0.223 e. The van der Waals surface area contributed by atoms with Gasteiger partial charge in [-0.15, -0.1) is 0 Å². The van der Waals surface area contributed by atoms with E-state index < -0.39 is 11.5 Å². The van der Waals surface area contributed by atoms with E-state index in [2.05, 4.69) is 28.3 Å². The van der Waals surface area contributed by atoms with E-state index >= 15 is 0 Å². The van der Waals surface area contributed by atoms with E-state index in [1.54, 1.807) is 11.5 Å². The number of pyridine rings is 1. The molecule has 0 aliphatic heterocycles. The molecule has 1 aromatic carbocycles. The average Bonchev–Trinajstić information content (AvgIpc) is 3.18. The number of benzene rings is 1. The number of hydrogen-bond acceptors (Lipinski definition) is 6. The number of aromatic nitrogens is 3. The van der Waals surface area contributed by atoms with Gasteiger partial charge >= 0.3 is 0 Å². The molecule has 2 heterocycles. The van der Waals surface area contributed by atoms with Gasteiger partial charge in [-0.05, 0) is 18.1 Å². The number of aliphatic hydroxyl groups is 1. The predicted octanol–water partition coefficient (Wildman–Crippen LogP) is 3.11. The topological polar surface area (TPSA) is 101 Å². The highest BCUT2D eigenvalue weighted by atomic mass is 16.5. The first kappa shape index (κ1) is 18.9. The molecule has 29 heavy (non-hydrogen) atoms. The van der Waals surface area contributed by atoms with Crippen LogP contribution in [-0.2, 0) is 6.42 Å². The number of allylic oxidation sites excluding steroid dienone is 4. The van der Waals surface area contributed by atoms with Gasteiger partial charge in [0, 0.05) is 36.7 Å². The maximum absolute atomic E-state index is 12.1. The molecule has 2 unspecified atom stereocenters. The largest absolute Gasteiger partial charge is 0.503 e. The van der Waals surface area contributed by atoms with Crippen molar-refractivity contribution in [3.8, 4) is 5.75 Å². The third kappa shape index (κ3) is 4.05. The number of aromatic hydroxyl groups is 1. The van der Waals surface area contributed by atoms with E-state index in [1.165, 1.54) is 17.8 Å². The Labute approximate surface area is 167 Å². The highest BCUT2D eigenvalue weighted by molar-refractivity contribution is 5.55. The summed E-state index contributed by atoms with van der Waals surface area (Å²) in [7, 11) is 0. The molecule has 2 N–H and O–H groups in total. The molecule has 0 spiro atoms. The molecule has 3 aromatic rings. The molecule has 1 aliphatic carbocycles. The van der Waals surface area contributed by atoms with Crippen molar-refractivity contribution >= 4 is 5.70 Å². The number of nitrogens with zero attached hydrogens (tertiary/aromatic N) is 3. The summed E-state index contributed by atoms with van der Waals surface area (Å²) in [5.74, 6) is 0.350. The van der Waals surface area contributed by atoms with Crippen molar-refractivity contribution in [2.24, 2.45) is 0 Å². The molecule has 0 fully saturated rings. The lowest BCUT2D eigenvalue weighted by Crippen LogP contribution is -2.17. The van der Waals surface area contributed by atoms with Gasteiger partial charge in [0.25, 0.3) is 0 Å². The van der Waals surface area contributed by atoms with Crippen LogP contribution in [0.5, 0.6) is 5.75 Å². The molecule has 2 aromatic heterocycles. The first-order valence-corrected chi connectivity index (χ1v) is 9.37. The van der Waals surface area contributed by atoms with Gasteiger partial charge in [-0.2, -0.15) is 4.98 Å². The van der Waals surface area contributed by atoms with Crippen molar-refractivity contribution in [2.75, 3.05) is 0 Å². The van der Waals surface area contributed by atoms with Gasteiger partial charge in [0.2, 0.25) is 17.1 Å². The molecule has 1 aliphatic rings. The van der Waals surface area contributed by atoms with Crippen molar-refractivity contribution < 1.29 is 14.7 Å². The SMILES string of the molecule is Cc1nc(C(O)Cc2cc(=O)c(O)cn2C2=CC=CC(c3ccccc3)C2)no1. The molecule has 7 heteroatoms. The van der Waals surface area contributed by atoms with E-state index in [1.807, 2.05) is 30.4 Å². The van der Waals surface area contributed by atoms with Crippen LogP contribution in [0.15, 0.2) is 70.1 Å². The second-order valence-electron chi connectivity index (χ2n) is 7.04. The Kier molecular flexibility index (Phi) is 5.14. The lowest BCUT2D eigenvalue weighted by atomic mass is 9.90. The minimum absolute atomic E-state index is 0.103. The molecule has 148 valence electrons. The first-order chi connectivity index (χ1) is 14.0. The summed E-state index contributed by atoms with van der Waals surface area (Å²) in [4.78, 5) is 16.1. The minimum Gasteiger partial charge on any atom is -0.503 e. The van der Waals surface area contributed by atoms with Crippen molar-refractivity contribution in [2.45, 2.75) is 31.8 Å². The normalized spacial score (nSPS) is 17.2. The summed E-state index contributed by atoms with van der Waals surface area (Å²) in [6, 6.07) is 11.5. The van der Waals surface area contributed by atoms with Gasteiger partial charge < -0.3 is 19.3 Å². The molecule has 0 saturated carbocycles. The molecule has 0 saturated heterocycles. The number of aryl methyl sites for hydroxylation is 1. The lowest BCUT2D eigenvalue weighted by molar-refractivity contribution is 0.162. The van der Waals surface area contributed by atoms with E-state index in [4.69, 9.17) is 4.52 Å². The summed E-state index contributed by atoms with van der Waals surface area (Å²) in [6.45, 7) is 1.64. The fourth-order valence-electron chi connectivity index (χ4n) is 3.50. The third-order valence-electron chi connectivity index (χ3n) is 4.95. The molecule has 7 nitrogen and oxygen atoms in total. The molecule has 0 radical (unpaired) electrons. The Hall–Kier alpha value is -3.45. The number of aliphatic hydroxyl groups excluding tert-OH is 1. The highest BCUT2D eigenvalue weighted by Crippen LogP contribution is 2.32. The predicted molar refractivity (Wildman–Crippen MR) is 107 cm³/mol. The van der Waals surface area contributed by atoms with Crippen LogP contribution in [0.2, 0.25) is 0 Å². The molecular formula is C22H21N3O4. The Morgan fingerprint density at radius 3 is 2.83 bits per heavy atom. The Morgan fingerprint density at radius 1 is 1.31 bits per heavy atom. The van der Waals surface area contributed by atoms with Gasteiger partial charge in [-0.3, -0.25) is 4.79 Å². The van der Waals surface area contributed by atoms with Gasteiger partial charge in [0.05, 0.1) is 6.20 Å². The molecule has 4 rings (SSSR count). The third-order valence-corrected chi connectivity index (χ3v) is 4.95. The lowest BCUT2D eigenvalue weighted by Gasteiger charge is -2.23. The zero-order valence-corrected chi connectivity index (χ0v) is 15.9. The highest BCUT2D eigenvalue weighted by Gasteiger charge is 2.21. The fourth-order valence-corrected chi connectivity index (χ4v) is 3.50. The van der Waals surface area contributed by atoms with E-state index in [-0.39, 0.29) is 23.9 Å². The van der Waals surface area contributed by atoms with Crippen molar-refractivity contribution in [1.29, 1.82) is 0 Å². The smallest absolute Gasteiger partial charge is 0.223 e. The van der Waals surface area contributed by atoms with Crippen LogP contribution in [0.1, 0.15) is 41.4 Å². The van der Waals surface area contributed by atoms with E-state index in [9.17, 15) is 15.0 Å². The molecule has 0 amide bonds. The van der Waals surface area contributed by atoms with Gasteiger partial charge in [-0.1, -0.05) is 47.6 Å². The summed E-state index contributed by atoms with van der Waals surface area (Å²) >= 11 is 0. The molecular weight excluding hydrogens is 370 g/mol. The summed E-state index contributed by atoms with van der Waals surface area (Å²) in [5.41, 5.74) is 2.14. The van der Waals surface area contributed by atoms with Crippen LogP contribution >= 0.6 is 0 Å². The molecule has 2 atom stereocenters. The summed E-state index contributed by atoms with van der Waals surface area (Å²) in [5, 5.41) is 24.3. The number of rotatable bonds is 5. The Morgan fingerprint density at radius 2 is 2.10 bits per heavy atom. The standard InChI is InChI=1S/C22H21N3O4/c1-14-23-22(24-29-14)20(27)12-18-11-19(26)21(28)13-25(18)17-9-5-8-16(10-17)15-6-3-2-4-7-15/h2-9,11,13,16,20,27-28H,10,12H2,1H3. The quantitative estimate of drug-likeness (QED) is 0.693. The van der Waals surface area contributed by atoms with Crippen LogP contribution in [0.3, 0.4) is 0 Å². The van der Waals surface area contributed by atoms with Gasteiger partial charge in [0.15, 0.2) is 5.75 Å². The van der Waals surface area contributed by atoms with Crippen molar-refractivity contribution in [3.63, 3.8) is 0 Å². The summed E-state index contributed by atoms with van der Waals surface area (Å²) < 4.78 is 6.68. The van der Waals surface area contributed by atoms with Crippen molar-refractivity contribution in [3.05, 3.63) is 94.0 Å². The number of hydrogen-bond donors (Lipinski definition) is 2.